The van der Waals surface area contributed by atoms with Crippen molar-refractivity contribution in [2.45, 2.75) is 48.9 Å². The van der Waals surface area contributed by atoms with E-state index in [0.717, 1.165) is 34.0 Å². The fraction of sp³-hybridized carbons (Fsp3) is 0.421. The zero-order valence-electron chi connectivity index (χ0n) is 15.2. The van der Waals surface area contributed by atoms with Gasteiger partial charge >= 0.3 is 5.97 Å². The second kappa shape index (κ2) is 8.31. The second-order valence-electron chi connectivity index (χ2n) is 6.01. The molecule has 1 aliphatic heterocycles. The van der Waals surface area contributed by atoms with Crippen LogP contribution in [0, 0.1) is 6.92 Å². The second-order valence-corrected chi connectivity index (χ2v) is 8.29. The van der Waals surface area contributed by atoms with Gasteiger partial charge in [-0.2, -0.15) is 0 Å². The van der Waals surface area contributed by atoms with Crippen LogP contribution < -0.4 is 5.56 Å². The van der Waals surface area contributed by atoms with Crippen molar-refractivity contribution in [1.29, 1.82) is 0 Å². The number of ether oxygens (including phenoxy) is 1. The van der Waals surface area contributed by atoms with Gasteiger partial charge in [-0.05, 0) is 32.4 Å². The number of hydrogen-bond acceptors (Lipinski definition) is 6. The average Bonchev–Trinajstić information content (AvgIpc) is 3.10. The molecule has 0 saturated heterocycles. The normalized spacial score (nSPS) is 14.1. The van der Waals surface area contributed by atoms with Crippen molar-refractivity contribution >= 4 is 29.5 Å². The van der Waals surface area contributed by atoms with Gasteiger partial charge in [0.1, 0.15) is 5.25 Å². The largest absolute Gasteiger partial charge is 0.465 e. The number of hydrogen-bond donors (Lipinski definition) is 0. The van der Waals surface area contributed by atoms with Crippen LogP contribution in [0.2, 0.25) is 0 Å². The monoisotopic (exact) mass is 390 g/mol. The molecule has 0 bridgehead atoms. The lowest BCUT2D eigenvalue weighted by Crippen LogP contribution is -2.26. The van der Waals surface area contributed by atoms with E-state index in [0.29, 0.717) is 18.2 Å². The Morgan fingerprint density at radius 3 is 2.73 bits per heavy atom. The molecule has 1 aromatic heterocycles. The molecule has 0 fully saturated rings. The summed E-state index contributed by atoms with van der Waals surface area (Å²) in [6.45, 7) is 6.08. The Balaban J connectivity index is 2.08. The molecule has 0 amide bonds. The van der Waals surface area contributed by atoms with Crippen LogP contribution in [0.4, 0.5) is 0 Å². The van der Waals surface area contributed by atoms with Crippen LogP contribution in [0.5, 0.6) is 0 Å². The first-order valence-electron chi connectivity index (χ1n) is 8.74. The van der Waals surface area contributed by atoms with Gasteiger partial charge in [0.2, 0.25) is 0 Å². The Bertz CT molecular complexity index is 862. The predicted octanol–water partition coefficient (Wildman–Crippen LogP) is 3.62. The van der Waals surface area contributed by atoms with E-state index in [4.69, 9.17) is 9.72 Å². The van der Waals surface area contributed by atoms with Gasteiger partial charge in [-0.15, -0.1) is 11.8 Å². The number of benzene rings is 1. The van der Waals surface area contributed by atoms with E-state index in [1.165, 1.54) is 11.8 Å². The standard InChI is InChI=1S/C19H22N2O3S2/c1-4-15(18(23)24-5-2)26-19-20-14-10-11-25-16(14)17(22)21(19)13-8-6-12(3)7-9-13/h6-9,15H,4-5,10-11H2,1-3H3/t15-/m1/s1. The molecule has 1 aliphatic rings. The molecule has 7 heteroatoms. The molecule has 0 aliphatic carbocycles. The summed E-state index contributed by atoms with van der Waals surface area (Å²) >= 11 is 2.87. The quantitative estimate of drug-likeness (QED) is 0.426. The Hall–Kier alpha value is -1.73. The molecule has 3 rings (SSSR count). The number of carbonyl (C=O) groups excluding carboxylic acids is 1. The number of nitrogens with zero attached hydrogens (tertiary/aromatic N) is 2. The number of rotatable bonds is 6. The van der Waals surface area contributed by atoms with Gasteiger partial charge in [0, 0.05) is 12.2 Å². The van der Waals surface area contributed by atoms with E-state index in [-0.39, 0.29) is 16.8 Å². The predicted molar refractivity (Wildman–Crippen MR) is 106 cm³/mol. The lowest BCUT2D eigenvalue weighted by molar-refractivity contribution is -0.142. The topological polar surface area (TPSA) is 61.2 Å². The fourth-order valence-electron chi connectivity index (χ4n) is 2.75. The van der Waals surface area contributed by atoms with E-state index in [2.05, 4.69) is 0 Å². The molecule has 138 valence electrons. The Labute approximate surface area is 161 Å². The first-order chi connectivity index (χ1) is 12.5. The number of esters is 1. The van der Waals surface area contributed by atoms with Gasteiger partial charge in [-0.25, -0.2) is 4.98 Å². The minimum absolute atomic E-state index is 0.0532. The molecular weight excluding hydrogens is 368 g/mol. The Kier molecular flexibility index (Phi) is 6.09. The number of thioether (sulfide) groups is 2. The van der Waals surface area contributed by atoms with Gasteiger partial charge in [-0.3, -0.25) is 14.2 Å². The van der Waals surface area contributed by atoms with Crippen LogP contribution in [-0.4, -0.2) is 33.1 Å². The van der Waals surface area contributed by atoms with Gasteiger partial charge in [0.15, 0.2) is 5.16 Å². The summed E-state index contributed by atoms with van der Waals surface area (Å²) in [5.74, 6) is 0.605. The SMILES string of the molecule is CCOC(=O)[C@@H](CC)Sc1nc2c(c(=O)n1-c1ccc(C)cc1)SCC2. The summed E-state index contributed by atoms with van der Waals surface area (Å²) in [7, 11) is 0. The summed E-state index contributed by atoms with van der Waals surface area (Å²) in [4.78, 5) is 30.8. The van der Waals surface area contributed by atoms with E-state index in [1.54, 1.807) is 23.3 Å². The van der Waals surface area contributed by atoms with Crippen molar-refractivity contribution in [3.05, 3.63) is 45.9 Å². The highest BCUT2D eigenvalue weighted by molar-refractivity contribution is 8.00. The number of fused-ring (bicyclic) bond motifs is 1. The maximum Gasteiger partial charge on any atom is 0.319 e. The molecule has 0 unspecified atom stereocenters. The third-order valence-corrected chi connectivity index (χ3v) is 6.53. The highest BCUT2D eigenvalue weighted by Crippen LogP contribution is 2.32. The number of aromatic nitrogens is 2. The first kappa shape index (κ1) is 19.0. The maximum absolute atomic E-state index is 13.1. The molecular formula is C19H22N2O3S2. The molecule has 1 atom stereocenters. The lowest BCUT2D eigenvalue weighted by atomic mass is 10.2. The highest BCUT2D eigenvalue weighted by Gasteiger charge is 2.26. The van der Waals surface area contributed by atoms with Crippen molar-refractivity contribution in [3.8, 4) is 5.69 Å². The van der Waals surface area contributed by atoms with Gasteiger partial charge in [0.25, 0.3) is 5.56 Å². The van der Waals surface area contributed by atoms with E-state index in [9.17, 15) is 9.59 Å². The average molecular weight is 391 g/mol. The van der Waals surface area contributed by atoms with Crippen molar-refractivity contribution in [3.63, 3.8) is 0 Å². The third-order valence-electron chi connectivity index (χ3n) is 4.13. The highest BCUT2D eigenvalue weighted by atomic mass is 32.2. The van der Waals surface area contributed by atoms with Crippen LogP contribution in [-0.2, 0) is 16.0 Å². The van der Waals surface area contributed by atoms with E-state index in [1.807, 2.05) is 38.1 Å². The fourth-order valence-corrected chi connectivity index (χ4v) is 4.82. The van der Waals surface area contributed by atoms with Crippen molar-refractivity contribution in [1.82, 2.24) is 9.55 Å². The Morgan fingerprint density at radius 2 is 2.08 bits per heavy atom. The lowest BCUT2D eigenvalue weighted by Gasteiger charge is -2.17. The maximum atomic E-state index is 13.1. The van der Waals surface area contributed by atoms with Crippen LogP contribution in [0.3, 0.4) is 0 Å². The zero-order chi connectivity index (χ0) is 18.7. The summed E-state index contributed by atoms with van der Waals surface area (Å²) in [6.07, 6.45) is 1.40. The van der Waals surface area contributed by atoms with Crippen LogP contribution in [0.1, 0.15) is 31.5 Å². The number of carbonyl (C=O) groups is 1. The summed E-state index contributed by atoms with van der Waals surface area (Å²) in [6, 6.07) is 7.78. The van der Waals surface area contributed by atoms with E-state index >= 15 is 0 Å². The van der Waals surface area contributed by atoms with Crippen LogP contribution in [0.15, 0.2) is 39.1 Å². The molecule has 0 N–H and O–H groups in total. The van der Waals surface area contributed by atoms with Crippen molar-refractivity contribution in [2.24, 2.45) is 0 Å². The summed E-state index contributed by atoms with van der Waals surface area (Å²) < 4.78 is 6.80. The minimum atomic E-state index is -0.384. The molecule has 26 heavy (non-hydrogen) atoms. The third kappa shape index (κ3) is 3.83. The molecule has 0 saturated carbocycles. The smallest absolute Gasteiger partial charge is 0.319 e. The Morgan fingerprint density at radius 1 is 1.35 bits per heavy atom. The van der Waals surface area contributed by atoms with Crippen LogP contribution in [0.25, 0.3) is 5.69 Å². The van der Waals surface area contributed by atoms with E-state index < -0.39 is 0 Å². The van der Waals surface area contributed by atoms with Gasteiger partial charge in [-0.1, -0.05) is 36.4 Å². The molecule has 0 radical (unpaired) electrons. The molecule has 5 nitrogen and oxygen atoms in total. The summed E-state index contributed by atoms with van der Waals surface area (Å²) in [5.41, 5.74) is 2.68. The summed E-state index contributed by atoms with van der Waals surface area (Å²) in [5, 5.41) is 0.172. The van der Waals surface area contributed by atoms with Crippen LogP contribution >= 0.6 is 23.5 Å². The first-order valence-corrected chi connectivity index (χ1v) is 10.6. The van der Waals surface area contributed by atoms with Gasteiger partial charge in [0.05, 0.1) is 22.9 Å². The minimum Gasteiger partial charge on any atom is -0.465 e. The molecule has 2 aromatic rings. The molecule has 1 aromatic carbocycles. The molecule has 2 heterocycles. The number of aryl methyl sites for hydroxylation is 2. The zero-order valence-corrected chi connectivity index (χ0v) is 16.8. The van der Waals surface area contributed by atoms with Crippen molar-refractivity contribution in [2.75, 3.05) is 12.4 Å². The van der Waals surface area contributed by atoms with Gasteiger partial charge < -0.3 is 4.74 Å². The van der Waals surface area contributed by atoms with Crippen molar-refractivity contribution < 1.29 is 9.53 Å². The molecule has 0 spiro atoms.